The third kappa shape index (κ3) is 4.21. The molecule has 9 nitrogen and oxygen atoms in total. The molecule has 3 amide bonds. The van der Waals surface area contributed by atoms with E-state index in [0.717, 1.165) is 10.6 Å². The third-order valence-electron chi connectivity index (χ3n) is 4.07. The summed E-state index contributed by atoms with van der Waals surface area (Å²) in [6.45, 7) is 7.71. The summed E-state index contributed by atoms with van der Waals surface area (Å²) in [5, 5.41) is 4.30. The normalized spacial score (nSPS) is 14.0. The molecular weight excluding hydrogens is 338 g/mol. The van der Waals surface area contributed by atoms with Crippen LogP contribution in [-0.2, 0) is 29.5 Å². The molecule has 0 saturated heterocycles. The van der Waals surface area contributed by atoms with Crippen LogP contribution in [0, 0.1) is 0 Å². The van der Waals surface area contributed by atoms with Crippen LogP contribution in [0.3, 0.4) is 0 Å². The van der Waals surface area contributed by atoms with Gasteiger partial charge in [-0.25, -0.2) is 4.79 Å². The molecule has 1 aromatic rings. The summed E-state index contributed by atoms with van der Waals surface area (Å²) >= 11 is 0. The van der Waals surface area contributed by atoms with Crippen LogP contribution in [-0.4, -0.2) is 62.7 Å². The number of carbonyl (C=O) groups is 3. The molecule has 0 radical (unpaired) electrons. The molecule has 0 bridgehead atoms. The lowest BCUT2D eigenvalue weighted by Crippen LogP contribution is -2.42. The summed E-state index contributed by atoms with van der Waals surface area (Å²) in [6.07, 6.45) is 0.123. The van der Waals surface area contributed by atoms with Gasteiger partial charge in [0.1, 0.15) is 5.60 Å². The summed E-state index contributed by atoms with van der Waals surface area (Å²) in [7, 11) is 1.75. The SMILES string of the molecule is CC(=O)N(CCN)C(=O)c1nn(C)c2c1CN(C(=O)OC(C)(C)C)CC2. The summed E-state index contributed by atoms with van der Waals surface area (Å²) in [5.41, 5.74) is 6.62. The number of fused-ring (bicyclic) bond motifs is 1. The van der Waals surface area contributed by atoms with Crippen LogP contribution in [0.5, 0.6) is 0 Å². The van der Waals surface area contributed by atoms with Gasteiger partial charge in [0.15, 0.2) is 5.69 Å². The van der Waals surface area contributed by atoms with E-state index in [9.17, 15) is 14.4 Å². The highest BCUT2D eigenvalue weighted by molar-refractivity contribution is 6.04. The van der Waals surface area contributed by atoms with E-state index in [1.807, 2.05) is 0 Å². The Morgan fingerprint density at radius 2 is 1.96 bits per heavy atom. The third-order valence-corrected chi connectivity index (χ3v) is 4.07. The van der Waals surface area contributed by atoms with E-state index in [4.69, 9.17) is 10.5 Å². The standard InChI is InChI=1S/C17H27N5O4/c1-11(23)22(9-7-18)15(24)14-12-10-21(16(25)26-17(2,3)4)8-6-13(12)20(5)19-14/h6-10,18H2,1-5H3. The highest BCUT2D eigenvalue weighted by Gasteiger charge is 2.33. The maximum absolute atomic E-state index is 12.8. The average Bonchev–Trinajstić information content (AvgIpc) is 2.86. The van der Waals surface area contributed by atoms with Gasteiger partial charge in [-0.1, -0.05) is 0 Å². The van der Waals surface area contributed by atoms with Crippen LogP contribution in [0.1, 0.15) is 49.4 Å². The fourth-order valence-corrected chi connectivity index (χ4v) is 2.91. The fourth-order valence-electron chi connectivity index (χ4n) is 2.91. The predicted octanol–water partition coefficient (Wildman–Crippen LogP) is 0.661. The Bertz CT molecular complexity index is 719. The van der Waals surface area contributed by atoms with Gasteiger partial charge in [0, 0.05) is 51.3 Å². The molecule has 0 aromatic carbocycles. The van der Waals surface area contributed by atoms with Crippen molar-refractivity contribution in [1.82, 2.24) is 19.6 Å². The van der Waals surface area contributed by atoms with Crippen molar-refractivity contribution in [3.05, 3.63) is 17.0 Å². The van der Waals surface area contributed by atoms with E-state index < -0.39 is 17.6 Å². The zero-order valence-corrected chi connectivity index (χ0v) is 16.0. The average molecular weight is 365 g/mol. The van der Waals surface area contributed by atoms with Crippen molar-refractivity contribution in [3.8, 4) is 0 Å². The summed E-state index contributed by atoms with van der Waals surface area (Å²) < 4.78 is 7.05. The van der Waals surface area contributed by atoms with E-state index in [1.165, 1.54) is 6.92 Å². The van der Waals surface area contributed by atoms with Crippen molar-refractivity contribution in [1.29, 1.82) is 0 Å². The smallest absolute Gasteiger partial charge is 0.410 e. The number of rotatable bonds is 3. The molecule has 0 atom stereocenters. The number of nitrogens with zero attached hydrogens (tertiary/aromatic N) is 4. The number of carbonyl (C=O) groups excluding carboxylic acids is 3. The van der Waals surface area contributed by atoms with Crippen molar-refractivity contribution in [3.63, 3.8) is 0 Å². The Morgan fingerprint density at radius 1 is 1.31 bits per heavy atom. The Kier molecular flexibility index (Phi) is 5.70. The van der Waals surface area contributed by atoms with Crippen LogP contribution >= 0.6 is 0 Å². The maximum Gasteiger partial charge on any atom is 0.410 e. The Morgan fingerprint density at radius 3 is 2.50 bits per heavy atom. The zero-order chi connectivity index (χ0) is 19.6. The quantitative estimate of drug-likeness (QED) is 0.842. The van der Waals surface area contributed by atoms with Crippen LogP contribution in [0.2, 0.25) is 0 Å². The van der Waals surface area contributed by atoms with Gasteiger partial charge in [-0.15, -0.1) is 0 Å². The molecule has 1 aromatic heterocycles. The molecule has 9 heteroatoms. The first-order valence-corrected chi connectivity index (χ1v) is 8.60. The number of hydrogen-bond donors (Lipinski definition) is 1. The van der Waals surface area contributed by atoms with Gasteiger partial charge in [0.05, 0.1) is 6.54 Å². The number of imide groups is 1. The molecule has 0 aliphatic carbocycles. The second-order valence-electron chi connectivity index (χ2n) is 7.31. The van der Waals surface area contributed by atoms with Crippen molar-refractivity contribution >= 4 is 17.9 Å². The maximum atomic E-state index is 12.8. The second-order valence-corrected chi connectivity index (χ2v) is 7.31. The molecule has 1 aliphatic rings. The number of aryl methyl sites for hydroxylation is 1. The number of nitrogens with two attached hydrogens (primary N) is 1. The molecule has 0 spiro atoms. The number of amides is 3. The van der Waals surface area contributed by atoms with E-state index in [1.54, 1.807) is 37.4 Å². The van der Waals surface area contributed by atoms with E-state index in [-0.39, 0.29) is 31.2 Å². The molecule has 26 heavy (non-hydrogen) atoms. The predicted molar refractivity (Wildman–Crippen MR) is 94.3 cm³/mol. The molecule has 1 aliphatic heterocycles. The molecule has 2 N–H and O–H groups in total. The van der Waals surface area contributed by atoms with Crippen LogP contribution in [0.25, 0.3) is 0 Å². The zero-order valence-electron chi connectivity index (χ0n) is 16.0. The van der Waals surface area contributed by atoms with Gasteiger partial charge in [-0.05, 0) is 20.8 Å². The highest BCUT2D eigenvalue weighted by Crippen LogP contribution is 2.24. The minimum atomic E-state index is -0.600. The number of aromatic nitrogens is 2. The van der Waals surface area contributed by atoms with Crippen molar-refractivity contribution in [2.75, 3.05) is 19.6 Å². The van der Waals surface area contributed by atoms with Gasteiger partial charge < -0.3 is 15.4 Å². The number of hydrogen-bond acceptors (Lipinski definition) is 6. The summed E-state index contributed by atoms with van der Waals surface area (Å²) in [5.74, 6) is -0.884. The van der Waals surface area contributed by atoms with Crippen LogP contribution in [0.4, 0.5) is 4.79 Å². The van der Waals surface area contributed by atoms with E-state index >= 15 is 0 Å². The summed E-state index contributed by atoms with van der Waals surface area (Å²) in [6, 6.07) is 0. The largest absolute Gasteiger partial charge is 0.444 e. The topological polar surface area (TPSA) is 111 Å². The van der Waals surface area contributed by atoms with E-state index in [2.05, 4.69) is 5.10 Å². The molecule has 0 unspecified atom stereocenters. The van der Waals surface area contributed by atoms with E-state index in [0.29, 0.717) is 18.5 Å². The minimum Gasteiger partial charge on any atom is -0.444 e. The van der Waals surface area contributed by atoms with Gasteiger partial charge in [-0.2, -0.15) is 5.10 Å². The lowest BCUT2D eigenvalue weighted by atomic mass is 10.0. The van der Waals surface area contributed by atoms with Gasteiger partial charge in [0.2, 0.25) is 5.91 Å². The molecule has 2 rings (SSSR count). The lowest BCUT2D eigenvalue weighted by Gasteiger charge is -2.30. The molecule has 2 heterocycles. The molecule has 144 valence electrons. The lowest BCUT2D eigenvalue weighted by molar-refractivity contribution is -0.126. The van der Waals surface area contributed by atoms with Gasteiger partial charge in [0.25, 0.3) is 5.91 Å². The van der Waals surface area contributed by atoms with Crippen LogP contribution < -0.4 is 5.73 Å². The van der Waals surface area contributed by atoms with Gasteiger partial charge in [-0.3, -0.25) is 19.2 Å². The summed E-state index contributed by atoms with van der Waals surface area (Å²) in [4.78, 5) is 39.6. The first-order valence-electron chi connectivity index (χ1n) is 8.60. The van der Waals surface area contributed by atoms with Crippen molar-refractivity contribution < 1.29 is 19.1 Å². The monoisotopic (exact) mass is 365 g/mol. The van der Waals surface area contributed by atoms with Crippen molar-refractivity contribution in [2.45, 2.75) is 46.3 Å². The Hall–Kier alpha value is -2.42. The van der Waals surface area contributed by atoms with Crippen molar-refractivity contribution in [2.24, 2.45) is 12.8 Å². The first kappa shape index (κ1) is 19.9. The molecular formula is C17H27N5O4. The van der Waals surface area contributed by atoms with Gasteiger partial charge >= 0.3 is 6.09 Å². The molecule has 0 fully saturated rings. The van der Waals surface area contributed by atoms with Crippen LogP contribution in [0.15, 0.2) is 0 Å². The molecule has 0 saturated carbocycles. The minimum absolute atomic E-state index is 0.120. The highest BCUT2D eigenvalue weighted by atomic mass is 16.6. The Balaban J connectivity index is 2.30. The second kappa shape index (κ2) is 7.45. The number of ether oxygens (including phenoxy) is 1. The Labute approximate surface area is 153 Å². The first-order chi connectivity index (χ1) is 12.0. The fraction of sp³-hybridized carbons (Fsp3) is 0.647.